The molecule has 0 saturated carbocycles. The van der Waals surface area contributed by atoms with Crippen LogP contribution < -0.4 is 15.6 Å². The maximum atomic E-state index is 11.3. The highest BCUT2D eigenvalue weighted by atomic mass is 16.5. The van der Waals surface area contributed by atoms with Crippen molar-refractivity contribution in [3.8, 4) is 5.75 Å². The summed E-state index contributed by atoms with van der Waals surface area (Å²) in [5.41, 5.74) is 7.81. The number of hydrazine groups is 1. The summed E-state index contributed by atoms with van der Waals surface area (Å²) < 4.78 is 5.58. The van der Waals surface area contributed by atoms with E-state index in [1.54, 1.807) is 7.05 Å². The van der Waals surface area contributed by atoms with Gasteiger partial charge in [0.2, 0.25) is 5.91 Å². The Bertz CT molecular complexity index is 418. The third-order valence-corrected chi connectivity index (χ3v) is 3.11. The minimum atomic E-state index is 0.0405. The standard InChI is InChI=1S/C14H20N2O2/c1-15-16-14(17)6-2-4-11-7-8-13-12(10-11)5-3-9-18-13/h7-8,10,15H,2-6,9H2,1H3,(H,16,17). The average molecular weight is 248 g/mol. The van der Waals surface area contributed by atoms with Crippen LogP contribution in [-0.4, -0.2) is 19.6 Å². The number of rotatable bonds is 5. The van der Waals surface area contributed by atoms with Crippen LogP contribution in [0.15, 0.2) is 18.2 Å². The first-order chi connectivity index (χ1) is 8.79. The van der Waals surface area contributed by atoms with Crippen LogP contribution in [-0.2, 0) is 17.6 Å². The van der Waals surface area contributed by atoms with E-state index in [0.717, 1.165) is 38.0 Å². The molecule has 4 nitrogen and oxygen atoms in total. The number of amides is 1. The summed E-state index contributed by atoms with van der Waals surface area (Å²) in [5, 5.41) is 0. The molecule has 0 spiro atoms. The summed E-state index contributed by atoms with van der Waals surface area (Å²) in [4.78, 5) is 11.3. The van der Waals surface area contributed by atoms with Gasteiger partial charge in [-0.3, -0.25) is 10.2 Å². The molecule has 1 aliphatic heterocycles. The molecule has 0 atom stereocenters. The smallest absolute Gasteiger partial charge is 0.234 e. The van der Waals surface area contributed by atoms with Gasteiger partial charge in [-0.05, 0) is 42.9 Å². The molecule has 2 N–H and O–H groups in total. The maximum absolute atomic E-state index is 11.3. The van der Waals surface area contributed by atoms with Gasteiger partial charge in [0.05, 0.1) is 6.61 Å². The van der Waals surface area contributed by atoms with E-state index in [9.17, 15) is 4.79 Å². The quantitative estimate of drug-likeness (QED) is 0.778. The fourth-order valence-electron chi connectivity index (χ4n) is 2.22. The normalized spacial score (nSPS) is 13.6. The second-order valence-electron chi connectivity index (χ2n) is 4.55. The molecule has 1 amide bonds. The largest absolute Gasteiger partial charge is 0.493 e. The van der Waals surface area contributed by atoms with Gasteiger partial charge in [0, 0.05) is 13.5 Å². The molecule has 0 radical (unpaired) electrons. The van der Waals surface area contributed by atoms with Crippen molar-refractivity contribution in [2.24, 2.45) is 0 Å². The third kappa shape index (κ3) is 3.47. The Labute approximate surface area is 108 Å². The van der Waals surface area contributed by atoms with Crippen molar-refractivity contribution in [3.63, 3.8) is 0 Å². The van der Waals surface area contributed by atoms with E-state index in [1.807, 2.05) is 0 Å². The molecule has 0 aliphatic carbocycles. The highest BCUT2D eigenvalue weighted by molar-refractivity contribution is 5.75. The maximum Gasteiger partial charge on any atom is 0.234 e. The van der Waals surface area contributed by atoms with Gasteiger partial charge >= 0.3 is 0 Å². The lowest BCUT2D eigenvalue weighted by Gasteiger charge is -2.17. The summed E-state index contributed by atoms with van der Waals surface area (Å²) in [6, 6.07) is 6.36. The molecule has 98 valence electrons. The lowest BCUT2D eigenvalue weighted by atomic mass is 10.0. The zero-order valence-electron chi connectivity index (χ0n) is 10.8. The molecule has 4 heteroatoms. The average Bonchev–Trinajstić information content (AvgIpc) is 2.39. The van der Waals surface area contributed by atoms with E-state index in [2.05, 4.69) is 29.1 Å². The monoisotopic (exact) mass is 248 g/mol. The van der Waals surface area contributed by atoms with Crippen molar-refractivity contribution in [2.75, 3.05) is 13.7 Å². The number of fused-ring (bicyclic) bond motifs is 1. The Morgan fingerprint density at radius 1 is 1.44 bits per heavy atom. The molecular formula is C14H20N2O2. The first-order valence-electron chi connectivity index (χ1n) is 6.50. The zero-order chi connectivity index (χ0) is 12.8. The molecular weight excluding hydrogens is 228 g/mol. The molecule has 1 heterocycles. The van der Waals surface area contributed by atoms with Crippen molar-refractivity contribution in [1.82, 2.24) is 10.9 Å². The minimum Gasteiger partial charge on any atom is -0.493 e. The summed E-state index contributed by atoms with van der Waals surface area (Å²) in [6.07, 6.45) is 4.55. The number of carbonyl (C=O) groups is 1. The lowest BCUT2D eigenvalue weighted by molar-refractivity contribution is -0.122. The molecule has 0 bridgehead atoms. The van der Waals surface area contributed by atoms with Crippen LogP contribution in [0, 0.1) is 0 Å². The molecule has 1 aromatic rings. The van der Waals surface area contributed by atoms with Crippen molar-refractivity contribution >= 4 is 5.91 Å². The second kappa shape index (κ2) is 6.40. The van der Waals surface area contributed by atoms with Crippen LogP contribution in [0.25, 0.3) is 0 Å². The van der Waals surface area contributed by atoms with Crippen LogP contribution in [0.1, 0.15) is 30.4 Å². The van der Waals surface area contributed by atoms with Gasteiger partial charge in [-0.2, -0.15) is 0 Å². The predicted molar refractivity (Wildman–Crippen MR) is 70.4 cm³/mol. The highest BCUT2D eigenvalue weighted by Crippen LogP contribution is 2.26. The van der Waals surface area contributed by atoms with Crippen LogP contribution in [0.2, 0.25) is 0 Å². The van der Waals surface area contributed by atoms with Gasteiger partial charge in [0.15, 0.2) is 0 Å². The van der Waals surface area contributed by atoms with Crippen molar-refractivity contribution in [2.45, 2.75) is 32.1 Å². The topological polar surface area (TPSA) is 50.4 Å². The van der Waals surface area contributed by atoms with Gasteiger partial charge in [-0.1, -0.05) is 12.1 Å². The van der Waals surface area contributed by atoms with Crippen LogP contribution in [0.3, 0.4) is 0 Å². The van der Waals surface area contributed by atoms with Crippen molar-refractivity contribution in [3.05, 3.63) is 29.3 Å². The Morgan fingerprint density at radius 2 is 2.33 bits per heavy atom. The van der Waals surface area contributed by atoms with E-state index in [1.165, 1.54) is 11.1 Å². The molecule has 1 aliphatic rings. The number of hydrogen-bond acceptors (Lipinski definition) is 3. The molecule has 0 fully saturated rings. The number of ether oxygens (including phenoxy) is 1. The summed E-state index contributed by atoms with van der Waals surface area (Å²) in [7, 11) is 1.70. The Kier molecular flexibility index (Phi) is 4.59. The molecule has 0 aromatic heterocycles. The van der Waals surface area contributed by atoms with E-state index < -0.39 is 0 Å². The second-order valence-corrected chi connectivity index (χ2v) is 4.55. The Hall–Kier alpha value is -1.55. The SMILES string of the molecule is CNNC(=O)CCCc1ccc2c(c1)CCCO2. The van der Waals surface area contributed by atoms with Gasteiger partial charge in [0.25, 0.3) is 0 Å². The van der Waals surface area contributed by atoms with Crippen LogP contribution in [0.5, 0.6) is 5.75 Å². The fraction of sp³-hybridized carbons (Fsp3) is 0.500. The van der Waals surface area contributed by atoms with E-state index >= 15 is 0 Å². The van der Waals surface area contributed by atoms with Crippen LogP contribution >= 0.6 is 0 Å². The van der Waals surface area contributed by atoms with Gasteiger partial charge in [0.1, 0.15) is 5.75 Å². The van der Waals surface area contributed by atoms with E-state index in [-0.39, 0.29) is 5.91 Å². The van der Waals surface area contributed by atoms with E-state index in [0.29, 0.717) is 6.42 Å². The number of carbonyl (C=O) groups excluding carboxylic acids is 1. The number of aryl methyl sites for hydroxylation is 2. The summed E-state index contributed by atoms with van der Waals surface area (Å²) >= 11 is 0. The van der Waals surface area contributed by atoms with Gasteiger partial charge in [-0.15, -0.1) is 0 Å². The summed E-state index contributed by atoms with van der Waals surface area (Å²) in [6.45, 7) is 0.830. The zero-order valence-corrected chi connectivity index (χ0v) is 10.8. The van der Waals surface area contributed by atoms with Crippen LogP contribution in [0.4, 0.5) is 0 Å². The molecule has 1 aromatic carbocycles. The number of nitrogens with one attached hydrogen (secondary N) is 2. The first kappa shape index (κ1) is 12.9. The fourth-order valence-corrected chi connectivity index (χ4v) is 2.22. The Balaban J connectivity index is 1.84. The van der Waals surface area contributed by atoms with E-state index in [4.69, 9.17) is 4.74 Å². The number of benzene rings is 1. The Morgan fingerprint density at radius 3 is 3.17 bits per heavy atom. The highest BCUT2D eigenvalue weighted by Gasteiger charge is 2.10. The first-order valence-corrected chi connectivity index (χ1v) is 6.50. The molecule has 18 heavy (non-hydrogen) atoms. The molecule has 0 unspecified atom stereocenters. The van der Waals surface area contributed by atoms with Crippen molar-refractivity contribution in [1.29, 1.82) is 0 Å². The number of hydrogen-bond donors (Lipinski definition) is 2. The minimum absolute atomic E-state index is 0.0405. The van der Waals surface area contributed by atoms with Crippen molar-refractivity contribution < 1.29 is 9.53 Å². The predicted octanol–water partition coefficient (Wildman–Crippen LogP) is 1.58. The van der Waals surface area contributed by atoms with Gasteiger partial charge < -0.3 is 4.74 Å². The lowest BCUT2D eigenvalue weighted by Crippen LogP contribution is -2.33. The summed E-state index contributed by atoms with van der Waals surface area (Å²) in [5.74, 6) is 1.07. The molecule has 0 saturated heterocycles. The third-order valence-electron chi connectivity index (χ3n) is 3.11. The van der Waals surface area contributed by atoms with Gasteiger partial charge in [-0.25, -0.2) is 5.43 Å². The molecule has 2 rings (SSSR count).